The van der Waals surface area contributed by atoms with Crippen LogP contribution in [0.3, 0.4) is 0 Å². The van der Waals surface area contributed by atoms with Crippen molar-refractivity contribution in [1.82, 2.24) is 0 Å². The van der Waals surface area contributed by atoms with E-state index >= 15 is 0 Å². The number of thioether (sulfide) groups is 1. The molecule has 0 aliphatic heterocycles. The molecule has 1 rings (SSSR count). The molecule has 1 fully saturated rings. The molecule has 1 aliphatic rings. The topological polar surface area (TPSA) is 63.3 Å². The second-order valence-electron chi connectivity index (χ2n) is 2.80. The zero-order chi connectivity index (χ0) is 8.27. The van der Waals surface area contributed by atoms with Crippen molar-refractivity contribution in [3.05, 3.63) is 0 Å². The van der Waals surface area contributed by atoms with E-state index in [9.17, 15) is 4.79 Å². The lowest BCUT2D eigenvalue weighted by atomic mass is 10.4. The van der Waals surface area contributed by atoms with Crippen molar-refractivity contribution in [2.75, 3.05) is 0 Å². The predicted octanol–water partition coefficient (Wildman–Crippen LogP) is 1.03. The fourth-order valence-corrected chi connectivity index (χ4v) is 2.43. The van der Waals surface area contributed by atoms with Gasteiger partial charge in [-0.05, 0) is 12.8 Å². The fraction of sp³-hybridized carbons (Fsp3) is 0.857. The third-order valence-electron chi connectivity index (χ3n) is 1.88. The molecule has 0 heterocycles. The largest absolute Gasteiger partial charge is 0.479 e. The number of carbonyl (C=O) groups is 1. The molecule has 64 valence electrons. The Hall–Kier alpha value is -0.220. The molecule has 0 radical (unpaired) electrons. The summed E-state index contributed by atoms with van der Waals surface area (Å²) >= 11 is 1.39. The van der Waals surface area contributed by atoms with E-state index in [0.717, 1.165) is 12.8 Å². The summed E-state index contributed by atoms with van der Waals surface area (Å²) in [4.78, 5) is 10.3. The highest BCUT2D eigenvalue weighted by Gasteiger charge is 2.21. The minimum Gasteiger partial charge on any atom is -0.479 e. The van der Waals surface area contributed by atoms with Gasteiger partial charge in [0, 0.05) is 5.25 Å². The highest BCUT2D eigenvalue weighted by molar-refractivity contribution is 8.01. The normalized spacial score (nSPS) is 21.9. The lowest BCUT2D eigenvalue weighted by Gasteiger charge is -2.11. The van der Waals surface area contributed by atoms with Gasteiger partial charge in [0.2, 0.25) is 0 Å². The number of carboxylic acids is 1. The van der Waals surface area contributed by atoms with E-state index < -0.39 is 11.3 Å². The molecule has 0 spiro atoms. The molecular formula is C7H13NO2S. The maximum atomic E-state index is 10.3. The molecule has 0 bridgehead atoms. The van der Waals surface area contributed by atoms with E-state index in [1.54, 1.807) is 0 Å². The minimum absolute atomic E-state index is 0.487. The van der Waals surface area contributed by atoms with Gasteiger partial charge in [-0.15, -0.1) is 11.8 Å². The number of rotatable bonds is 3. The number of nitrogens with two attached hydrogens (primary N) is 1. The Morgan fingerprint density at radius 2 is 2.09 bits per heavy atom. The zero-order valence-electron chi connectivity index (χ0n) is 6.32. The number of hydrogen-bond donors (Lipinski definition) is 2. The maximum Gasteiger partial charge on any atom is 0.330 e. The van der Waals surface area contributed by atoms with Crippen molar-refractivity contribution in [3.63, 3.8) is 0 Å². The maximum absolute atomic E-state index is 10.3. The molecule has 1 unspecified atom stereocenters. The first-order valence-corrected chi connectivity index (χ1v) is 4.78. The first-order valence-electron chi connectivity index (χ1n) is 3.84. The van der Waals surface area contributed by atoms with Crippen molar-refractivity contribution < 1.29 is 9.90 Å². The highest BCUT2D eigenvalue weighted by Crippen LogP contribution is 2.30. The standard InChI is InChI=1S/C7H13NO2S/c8-6(7(9)10)11-5-3-1-2-4-5/h5-6H,1-4,8H2,(H,9,10). The molecular weight excluding hydrogens is 162 g/mol. The third kappa shape index (κ3) is 2.71. The molecule has 3 nitrogen and oxygen atoms in total. The predicted molar refractivity (Wildman–Crippen MR) is 45.5 cm³/mol. The van der Waals surface area contributed by atoms with Crippen LogP contribution in [-0.2, 0) is 4.79 Å². The Morgan fingerprint density at radius 1 is 1.55 bits per heavy atom. The Bertz CT molecular complexity index is 145. The van der Waals surface area contributed by atoms with Crippen LogP contribution in [0, 0.1) is 0 Å². The van der Waals surface area contributed by atoms with Gasteiger partial charge in [0.05, 0.1) is 0 Å². The fourth-order valence-electron chi connectivity index (χ4n) is 1.29. The average molecular weight is 175 g/mol. The molecule has 0 aromatic carbocycles. The molecule has 0 aromatic heterocycles. The Labute approximate surface area is 70.3 Å². The van der Waals surface area contributed by atoms with E-state index in [-0.39, 0.29) is 0 Å². The second-order valence-corrected chi connectivity index (χ2v) is 4.25. The number of hydrogen-bond acceptors (Lipinski definition) is 3. The summed E-state index contributed by atoms with van der Waals surface area (Å²) < 4.78 is 0. The Balaban J connectivity index is 2.23. The van der Waals surface area contributed by atoms with E-state index in [0.29, 0.717) is 5.25 Å². The van der Waals surface area contributed by atoms with Crippen molar-refractivity contribution >= 4 is 17.7 Å². The van der Waals surface area contributed by atoms with Crippen LogP contribution in [-0.4, -0.2) is 21.7 Å². The summed E-state index contributed by atoms with van der Waals surface area (Å²) in [5.41, 5.74) is 5.36. The van der Waals surface area contributed by atoms with E-state index in [2.05, 4.69) is 0 Å². The number of aliphatic carboxylic acids is 1. The van der Waals surface area contributed by atoms with Gasteiger partial charge in [0.1, 0.15) is 0 Å². The average Bonchev–Trinajstić information content (AvgIpc) is 2.39. The van der Waals surface area contributed by atoms with Gasteiger partial charge >= 0.3 is 5.97 Å². The molecule has 0 aromatic rings. The van der Waals surface area contributed by atoms with Gasteiger partial charge in [-0.3, -0.25) is 0 Å². The zero-order valence-corrected chi connectivity index (χ0v) is 7.14. The summed E-state index contributed by atoms with van der Waals surface area (Å²) in [6.07, 6.45) is 4.71. The molecule has 0 amide bonds. The summed E-state index contributed by atoms with van der Waals surface area (Å²) in [5, 5.41) is 8.26. The third-order valence-corrected chi connectivity index (χ3v) is 3.24. The summed E-state index contributed by atoms with van der Waals surface area (Å²) in [7, 11) is 0. The van der Waals surface area contributed by atoms with Crippen LogP contribution in [0.5, 0.6) is 0 Å². The first kappa shape index (κ1) is 8.87. The van der Waals surface area contributed by atoms with Crippen LogP contribution in [0.25, 0.3) is 0 Å². The SMILES string of the molecule is NC(SC1CCCC1)C(=O)O. The van der Waals surface area contributed by atoms with Crippen molar-refractivity contribution in [1.29, 1.82) is 0 Å². The Morgan fingerprint density at radius 3 is 2.55 bits per heavy atom. The van der Waals surface area contributed by atoms with Gasteiger partial charge in [0.15, 0.2) is 5.37 Å². The van der Waals surface area contributed by atoms with Crippen LogP contribution in [0.4, 0.5) is 0 Å². The lowest BCUT2D eigenvalue weighted by molar-refractivity contribution is -0.136. The first-order chi connectivity index (χ1) is 5.20. The molecule has 3 N–H and O–H groups in total. The van der Waals surface area contributed by atoms with Crippen LogP contribution in [0.15, 0.2) is 0 Å². The van der Waals surface area contributed by atoms with Crippen molar-refractivity contribution in [3.8, 4) is 0 Å². The van der Waals surface area contributed by atoms with Gasteiger partial charge in [-0.1, -0.05) is 12.8 Å². The molecule has 4 heteroatoms. The van der Waals surface area contributed by atoms with Crippen LogP contribution >= 0.6 is 11.8 Å². The van der Waals surface area contributed by atoms with Crippen LogP contribution in [0.2, 0.25) is 0 Å². The highest BCUT2D eigenvalue weighted by atomic mass is 32.2. The van der Waals surface area contributed by atoms with E-state index in [1.807, 2.05) is 0 Å². The van der Waals surface area contributed by atoms with Crippen LogP contribution in [0.1, 0.15) is 25.7 Å². The van der Waals surface area contributed by atoms with E-state index in [4.69, 9.17) is 10.8 Å². The van der Waals surface area contributed by atoms with Gasteiger partial charge in [-0.2, -0.15) is 0 Å². The van der Waals surface area contributed by atoms with Gasteiger partial charge < -0.3 is 10.8 Å². The van der Waals surface area contributed by atoms with E-state index in [1.165, 1.54) is 24.6 Å². The molecule has 1 saturated carbocycles. The molecule has 11 heavy (non-hydrogen) atoms. The smallest absolute Gasteiger partial charge is 0.330 e. The Kier molecular flexibility index (Phi) is 3.20. The molecule has 0 saturated heterocycles. The quantitative estimate of drug-likeness (QED) is 0.629. The van der Waals surface area contributed by atoms with Crippen molar-refractivity contribution in [2.24, 2.45) is 5.73 Å². The summed E-state index contributed by atoms with van der Waals surface area (Å²) in [5.74, 6) is -0.901. The monoisotopic (exact) mass is 175 g/mol. The van der Waals surface area contributed by atoms with Gasteiger partial charge in [-0.25, -0.2) is 4.79 Å². The number of carboxylic acid groups (broad SMARTS) is 1. The van der Waals surface area contributed by atoms with Crippen molar-refractivity contribution in [2.45, 2.75) is 36.3 Å². The second kappa shape index (κ2) is 3.97. The molecule has 1 aliphatic carbocycles. The summed E-state index contributed by atoms with van der Waals surface area (Å²) in [6, 6.07) is 0. The molecule has 1 atom stereocenters. The minimum atomic E-state index is -0.901. The summed E-state index contributed by atoms with van der Waals surface area (Å²) in [6.45, 7) is 0. The van der Waals surface area contributed by atoms with Gasteiger partial charge in [0.25, 0.3) is 0 Å². The lowest BCUT2D eigenvalue weighted by Crippen LogP contribution is -2.28. The van der Waals surface area contributed by atoms with Crippen LogP contribution < -0.4 is 5.73 Å².